The van der Waals surface area contributed by atoms with E-state index in [4.69, 9.17) is 16.9 Å². The van der Waals surface area contributed by atoms with Crippen LogP contribution in [0.4, 0.5) is 0 Å². The van der Waals surface area contributed by atoms with E-state index in [9.17, 15) is 0 Å². The molecule has 0 heterocycles. The zero-order chi connectivity index (χ0) is 12.0. The van der Waals surface area contributed by atoms with Crippen molar-refractivity contribution in [3.63, 3.8) is 0 Å². The van der Waals surface area contributed by atoms with Gasteiger partial charge in [0.2, 0.25) is 0 Å². The second-order valence-electron chi connectivity index (χ2n) is 4.24. The first-order valence-corrected chi connectivity index (χ1v) is 5.86. The predicted molar refractivity (Wildman–Crippen MR) is 67.1 cm³/mol. The van der Waals surface area contributed by atoms with Crippen LogP contribution in [-0.2, 0) is 6.54 Å². The molecular formula is C13H17ClN2. The van der Waals surface area contributed by atoms with Crippen molar-refractivity contribution in [2.45, 2.75) is 20.4 Å². The number of nitrogens with one attached hydrogen (secondary N) is 1. The van der Waals surface area contributed by atoms with Crippen LogP contribution < -0.4 is 5.32 Å². The number of hydrogen-bond acceptors (Lipinski definition) is 2. The predicted octanol–water partition coefficient (Wildman–Crippen LogP) is 3.23. The lowest BCUT2D eigenvalue weighted by molar-refractivity contribution is 0.442. The van der Waals surface area contributed by atoms with Crippen LogP contribution in [0, 0.1) is 23.2 Å². The summed E-state index contributed by atoms with van der Waals surface area (Å²) in [6.07, 6.45) is 0. The first kappa shape index (κ1) is 13.0. The van der Waals surface area contributed by atoms with E-state index >= 15 is 0 Å². The van der Waals surface area contributed by atoms with Gasteiger partial charge < -0.3 is 5.32 Å². The van der Waals surface area contributed by atoms with Gasteiger partial charge in [-0.2, -0.15) is 5.26 Å². The van der Waals surface area contributed by atoms with E-state index in [1.807, 2.05) is 24.3 Å². The Morgan fingerprint density at radius 2 is 1.94 bits per heavy atom. The summed E-state index contributed by atoms with van der Waals surface area (Å²) in [4.78, 5) is 0. The van der Waals surface area contributed by atoms with Gasteiger partial charge in [0.15, 0.2) is 0 Å². The van der Waals surface area contributed by atoms with Crippen molar-refractivity contribution in [3.8, 4) is 6.07 Å². The lowest BCUT2D eigenvalue weighted by atomic mass is 9.97. The fourth-order valence-electron chi connectivity index (χ4n) is 1.40. The third-order valence-electron chi connectivity index (χ3n) is 2.58. The number of halogens is 1. The standard InChI is InChI=1S/C13H17ClN2/c1-10(2)12(7-15)9-16-8-11-3-5-13(14)6-4-11/h3-6,10,12,16H,8-9H2,1-2H3. The molecule has 0 aliphatic rings. The van der Waals surface area contributed by atoms with Crippen molar-refractivity contribution in [1.29, 1.82) is 5.26 Å². The molecule has 0 saturated carbocycles. The molecule has 1 aromatic rings. The Hall–Kier alpha value is -1.04. The largest absolute Gasteiger partial charge is 0.311 e. The first-order chi connectivity index (χ1) is 7.63. The summed E-state index contributed by atoms with van der Waals surface area (Å²) in [7, 11) is 0. The van der Waals surface area contributed by atoms with Crippen LogP contribution in [0.2, 0.25) is 5.02 Å². The molecule has 1 atom stereocenters. The summed E-state index contributed by atoms with van der Waals surface area (Å²) in [6, 6.07) is 10.1. The normalized spacial score (nSPS) is 12.4. The lowest BCUT2D eigenvalue weighted by Crippen LogP contribution is -2.24. The minimum atomic E-state index is 0.0762. The molecule has 0 aliphatic carbocycles. The van der Waals surface area contributed by atoms with E-state index in [1.165, 1.54) is 5.56 Å². The number of nitriles is 1. The summed E-state index contributed by atoms with van der Waals surface area (Å²) in [5, 5.41) is 13.0. The second kappa shape index (κ2) is 6.52. The molecule has 0 aliphatic heterocycles. The maximum Gasteiger partial charge on any atom is 0.0671 e. The Morgan fingerprint density at radius 3 is 2.44 bits per heavy atom. The number of nitrogens with zero attached hydrogens (tertiary/aromatic N) is 1. The third-order valence-corrected chi connectivity index (χ3v) is 2.83. The van der Waals surface area contributed by atoms with E-state index in [-0.39, 0.29) is 5.92 Å². The zero-order valence-corrected chi connectivity index (χ0v) is 10.5. The summed E-state index contributed by atoms with van der Waals surface area (Å²) in [5.41, 5.74) is 1.19. The minimum Gasteiger partial charge on any atom is -0.311 e. The third kappa shape index (κ3) is 4.22. The highest BCUT2D eigenvalue weighted by Gasteiger charge is 2.10. The van der Waals surface area contributed by atoms with Gasteiger partial charge in [-0.1, -0.05) is 37.6 Å². The summed E-state index contributed by atoms with van der Waals surface area (Å²) in [6.45, 7) is 5.65. The van der Waals surface area contributed by atoms with E-state index in [2.05, 4.69) is 25.2 Å². The van der Waals surface area contributed by atoms with Crippen LogP contribution in [0.1, 0.15) is 19.4 Å². The topological polar surface area (TPSA) is 35.8 Å². The molecule has 0 aromatic heterocycles. The molecule has 0 amide bonds. The molecule has 2 nitrogen and oxygen atoms in total. The van der Waals surface area contributed by atoms with Gasteiger partial charge in [-0.15, -0.1) is 0 Å². The van der Waals surface area contributed by atoms with Crippen molar-refractivity contribution in [2.24, 2.45) is 11.8 Å². The Labute approximate surface area is 102 Å². The van der Waals surface area contributed by atoms with Gasteiger partial charge in [-0.25, -0.2) is 0 Å². The minimum absolute atomic E-state index is 0.0762. The first-order valence-electron chi connectivity index (χ1n) is 5.48. The quantitative estimate of drug-likeness (QED) is 0.852. The zero-order valence-electron chi connectivity index (χ0n) is 9.70. The van der Waals surface area contributed by atoms with Crippen LogP contribution in [0.3, 0.4) is 0 Å². The highest BCUT2D eigenvalue weighted by molar-refractivity contribution is 6.30. The lowest BCUT2D eigenvalue weighted by Gasteiger charge is -2.13. The van der Waals surface area contributed by atoms with Crippen molar-refractivity contribution in [1.82, 2.24) is 5.32 Å². The SMILES string of the molecule is CC(C)C(C#N)CNCc1ccc(Cl)cc1. The van der Waals surface area contributed by atoms with Gasteiger partial charge in [0.25, 0.3) is 0 Å². The Morgan fingerprint density at radius 1 is 1.31 bits per heavy atom. The monoisotopic (exact) mass is 236 g/mol. The average molecular weight is 237 g/mol. The van der Waals surface area contributed by atoms with E-state index < -0.39 is 0 Å². The molecule has 16 heavy (non-hydrogen) atoms. The van der Waals surface area contributed by atoms with Gasteiger partial charge in [0, 0.05) is 18.1 Å². The van der Waals surface area contributed by atoms with Crippen molar-refractivity contribution in [2.75, 3.05) is 6.54 Å². The maximum absolute atomic E-state index is 8.92. The van der Waals surface area contributed by atoms with Crippen LogP contribution in [0.5, 0.6) is 0 Å². The highest BCUT2D eigenvalue weighted by atomic mass is 35.5. The molecule has 0 radical (unpaired) electrons. The smallest absolute Gasteiger partial charge is 0.0671 e. The number of benzene rings is 1. The second-order valence-corrected chi connectivity index (χ2v) is 4.67. The number of rotatable bonds is 5. The molecule has 0 fully saturated rings. The molecule has 1 N–H and O–H groups in total. The summed E-state index contributed by atoms with van der Waals surface area (Å²) >= 11 is 5.80. The molecule has 3 heteroatoms. The summed E-state index contributed by atoms with van der Waals surface area (Å²) in [5.74, 6) is 0.468. The molecule has 0 saturated heterocycles. The fraction of sp³-hybridized carbons (Fsp3) is 0.462. The molecule has 1 rings (SSSR count). The fourth-order valence-corrected chi connectivity index (χ4v) is 1.53. The average Bonchev–Trinajstić information content (AvgIpc) is 2.26. The molecule has 0 bridgehead atoms. The molecule has 1 aromatic carbocycles. The van der Waals surface area contributed by atoms with E-state index in [1.54, 1.807) is 0 Å². The van der Waals surface area contributed by atoms with Gasteiger partial charge in [-0.3, -0.25) is 0 Å². The van der Waals surface area contributed by atoms with E-state index in [0.29, 0.717) is 5.92 Å². The Bertz CT molecular complexity index is 351. The van der Waals surface area contributed by atoms with Crippen LogP contribution in [-0.4, -0.2) is 6.54 Å². The molecule has 1 unspecified atom stereocenters. The molecule has 86 valence electrons. The van der Waals surface area contributed by atoms with Gasteiger partial charge in [0.1, 0.15) is 0 Å². The van der Waals surface area contributed by atoms with E-state index in [0.717, 1.165) is 18.1 Å². The van der Waals surface area contributed by atoms with Gasteiger partial charge in [0.05, 0.1) is 12.0 Å². The van der Waals surface area contributed by atoms with Crippen molar-refractivity contribution in [3.05, 3.63) is 34.9 Å². The Balaban J connectivity index is 2.36. The van der Waals surface area contributed by atoms with Crippen LogP contribution in [0.15, 0.2) is 24.3 Å². The summed E-state index contributed by atoms with van der Waals surface area (Å²) < 4.78 is 0. The van der Waals surface area contributed by atoms with Crippen molar-refractivity contribution >= 4 is 11.6 Å². The molecular weight excluding hydrogens is 220 g/mol. The maximum atomic E-state index is 8.92. The van der Waals surface area contributed by atoms with Gasteiger partial charge >= 0.3 is 0 Å². The molecule has 0 spiro atoms. The highest BCUT2D eigenvalue weighted by Crippen LogP contribution is 2.10. The van der Waals surface area contributed by atoms with Crippen LogP contribution in [0.25, 0.3) is 0 Å². The van der Waals surface area contributed by atoms with Crippen molar-refractivity contribution < 1.29 is 0 Å². The van der Waals surface area contributed by atoms with Gasteiger partial charge in [-0.05, 0) is 23.6 Å². The number of hydrogen-bond donors (Lipinski definition) is 1. The van der Waals surface area contributed by atoms with Crippen LogP contribution >= 0.6 is 11.6 Å². The Kier molecular flexibility index (Phi) is 5.31.